The third-order valence-electron chi connectivity index (χ3n) is 2.41. The summed E-state index contributed by atoms with van der Waals surface area (Å²) in [6, 6.07) is -0.175. The fourth-order valence-corrected chi connectivity index (χ4v) is 3.22. The van der Waals surface area contributed by atoms with Crippen LogP contribution in [0.1, 0.15) is 20.3 Å². The number of sulfonamides is 1. The molecule has 2 N–H and O–H groups in total. The van der Waals surface area contributed by atoms with Gasteiger partial charge < -0.3 is 10.3 Å². The molecule has 0 saturated carbocycles. The molecule has 1 aromatic heterocycles. The number of hydrogen-bond acceptors (Lipinski definition) is 4. The first-order valence-corrected chi connectivity index (χ1v) is 7.38. The smallest absolute Gasteiger partial charge is 0.262 e. The van der Waals surface area contributed by atoms with E-state index in [1.807, 2.05) is 0 Å². The van der Waals surface area contributed by atoms with E-state index in [0.29, 0.717) is 11.4 Å². The van der Waals surface area contributed by atoms with Gasteiger partial charge in [-0.25, -0.2) is 13.4 Å². The zero-order chi connectivity index (χ0) is 13.9. The van der Waals surface area contributed by atoms with Crippen LogP contribution >= 0.6 is 12.2 Å². The minimum Gasteiger partial charge on any atom is -0.393 e. The van der Waals surface area contributed by atoms with Crippen molar-refractivity contribution in [3.05, 3.63) is 12.5 Å². The SMILES string of the molecule is CC(C)N(CCC(N)=S)S(=O)(=O)c1cn(C)cn1. The first-order valence-electron chi connectivity index (χ1n) is 5.53. The lowest BCUT2D eigenvalue weighted by Crippen LogP contribution is -2.39. The van der Waals surface area contributed by atoms with Crippen molar-refractivity contribution < 1.29 is 8.42 Å². The quantitative estimate of drug-likeness (QED) is 0.771. The third kappa shape index (κ3) is 3.50. The summed E-state index contributed by atoms with van der Waals surface area (Å²) in [5, 5.41) is 0.0432. The molecule has 0 amide bonds. The minimum atomic E-state index is -3.59. The Morgan fingerprint density at radius 1 is 1.61 bits per heavy atom. The Balaban J connectivity index is 3.01. The van der Waals surface area contributed by atoms with E-state index >= 15 is 0 Å². The van der Waals surface area contributed by atoms with Gasteiger partial charge in [0.15, 0.2) is 5.03 Å². The van der Waals surface area contributed by atoms with Gasteiger partial charge in [-0.3, -0.25) is 0 Å². The molecule has 0 saturated heterocycles. The van der Waals surface area contributed by atoms with Gasteiger partial charge in [-0.2, -0.15) is 4.31 Å². The van der Waals surface area contributed by atoms with E-state index in [1.165, 1.54) is 16.8 Å². The monoisotopic (exact) mass is 290 g/mol. The van der Waals surface area contributed by atoms with Gasteiger partial charge in [-0.15, -0.1) is 0 Å². The van der Waals surface area contributed by atoms with Crippen molar-refractivity contribution in [2.24, 2.45) is 12.8 Å². The Hall–Kier alpha value is -0.990. The number of nitrogens with zero attached hydrogens (tertiary/aromatic N) is 3. The molecule has 0 bridgehead atoms. The van der Waals surface area contributed by atoms with Crippen LogP contribution in [0.25, 0.3) is 0 Å². The summed E-state index contributed by atoms with van der Waals surface area (Å²) >= 11 is 4.78. The number of hydrogen-bond donors (Lipinski definition) is 1. The molecule has 1 rings (SSSR count). The minimum absolute atomic E-state index is 0.0432. The van der Waals surface area contributed by atoms with E-state index in [0.717, 1.165) is 0 Å². The van der Waals surface area contributed by atoms with Crippen LogP contribution in [0.15, 0.2) is 17.6 Å². The Bertz CT molecular complexity index is 522. The van der Waals surface area contributed by atoms with Crippen molar-refractivity contribution in [3.8, 4) is 0 Å². The molecule has 0 fully saturated rings. The van der Waals surface area contributed by atoms with Crippen LogP contribution in [0.2, 0.25) is 0 Å². The maximum absolute atomic E-state index is 12.4. The Morgan fingerprint density at radius 3 is 2.61 bits per heavy atom. The largest absolute Gasteiger partial charge is 0.393 e. The van der Waals surface area contributed by atoms with Crippen LogP contribution < -0.4 is 5.73 Å². The molecule has 102 valence electrons. The van der Waals surface area contributed by atoms with Crippen LogP contribution in [0.3, 0.4) is 0 Å². The first-order chi connectivity index (χ1) is 8.25. The molecule has 0 aromatic carbocycles. The van der Waals surface area contributed by atoms with E-state index in [-0.39, 0.29) is 17.6 Å². The highest BCUT2D eigenvalue weighted by Crippen LogP contribution is 2.16. The highest BCUT2D eigenvalue weighted by atomic mass is 32.2. The van der Waals surface area contributed by atoms with E-state index in [4.69, 9.17) is 18.0 Å². The molecule has 0 unspecified atom stereocenters. The molecule has 0 radical (unpaired) electrons. The molecule has 0 aliphatic carbocycles. The molecule has 6 nitrogen and oxygen atoms in total. The number of aryl methyl sites for hydroxylation is 1. The molecule has 1 heterocycles. The molecular formula is C10H18N4O2S2. The van der Waals surface area contributed by atoms with E-state index < -0.39 is 10.0 Å². The Labute approximate surface area is 113 Å². The molecule has 0 atom stereocenters. The molecular weight excluding hydrogens is 272 g/mol. The van der Waals surface area contributed by atoms with Crippen molar-refractivity contribution >= 4 is 27.2 Å². The summed E-state index contributed by atoms with van der Waals surface area (Å²) in [4.78, 5) is 4.19. The van der Waals surface area contributed by atoms with Gasteiger partial charge in [0.1, 0.15) is 0 Å². The van der Waals surface area contributed by atoms with Crippen LogP contribution in [-0.2, 0) is 17.1 Å². The van der Waals surface area contributed by atoms with Crippen LogP contribution in [0, 0.1) is 0 Å². The van der Waals surface area contributed by atoms with Crippen molar-refractivity contribution in [1.82, 2.24) is 13.9 Å². The van der Waals surface area contributed by atoms with E-state index in [1.54, 1.807) is 25.5 Å². The van der Waals surface area contributed by atoms with Crippen LogP contribution in [0.5, 0.6) is 0 Å². The number of rotatable bonds is 6. The zero-order valence-electron chi connectivity index (χ0n) is 10.7. The number of imidazole rings is 1. The summed E-state index contributed by atoms with van der Waals surface area (Å²) in [6.45, 7) is 3.88. The van der Waals surface area contributed by atoms with Gasteiger partial charge in [0, 0.05) is 32.3 Å². The van der Waals surface area contributed by atoms with Crippen LogP contribution in [0.4, 0.5) is 0 Å². The molecule has 0 spiro atoms. The number of thiocarbonyl (C=S) groups is 1. The molecule has 1 aromatic rings. The highest BCUT2D eigenvalue weighted by Gasteiger charge is 2.28. The van der Waals surface area contributed by atoms with Crippen molar-refractivity contribution in [2.45, 2.75) is 31.3 Å². The predicted octanol–water partition coefficient (Wildman–Crippen LogP) is 0.495. The number of aromatic nitrogens is 2. The average molecular weight is 290 g/mol. The Morgan fingerprint density at radius 2 is 2.22 bits per heavy atom. The second-order valence-corrected chi connectivity index (χ2v) is 6.66. The topological polar surface area (TPSA) is 81.2 Å². The van der Waals surface area contributed by atoms with Gasteiger partial charge >= 0.3 is 0 Å². The predicted molar refractivity (Wildman–Crippen MR) is 73.6 cm³/mol. The lowest BCUT2D eigenvalue weighted by atomic mass is 10.3. The zero-order valence-corrected chi connectivity index (χ0v) is 12.3. The lowest BCUT2D eigenvalue weighted by Gasteiger charge is -2.24. The highest BCUT2D eigenvalue weighted by molar-refractivity contribution is 7.89. The van der Waals surface area contributed by atoms with Gasteiger partial charge in [0.05, 0.1) is 11.3 Å². The van der Waals surface area contributed by atoms with Crippen molar-refractivity contribution in [1.29, 1.82) is 0 Å². The average Bonchev–Trinajstić information content (AvgIpc) is 2.64. The standard InChI is InChI=1S/C10H18N4O2S2/c1-8(2)14(5-4-9(11)17)18(15,16)10-6-13(3)7-12-10/h6-8H,4-5H2,1-3H3,(H2,11,17). The molecule has 0 aliphatic heterocycles. The van der Waals surface area contributed by atoms with Crippen molar-refractivity contribution in [3.63, 3.8) is 0 Å². The van der Waals surface area contributed by atoms with Gasteiger partial charge in [-0.1, -0.05) is 12.2 Å². The van der Waals surface area contributed by atoms with E-state index in [2.05, 4.69) is 4.98 Å². The Kier molecular flexibility index (Phi) is 4.83. The summed E-state index contributed by atoms with van der Waals surface area (Å²) in [7, 11) is -1.87. The molecule has 18 heavy (non-hydrogen) atoms. The van der Waals surface area contributed by atoms with Gasteiger partial charge in [-0.05, 0) is 13.8 Å². The summed E-state index contributed by atoms with van der Waals surface area (Å²) in [5.41, 5.74) is 5.42. The summed E-state index contributed by atoms with van der Waals surface area (Å²) in [6.07, 6.45) is 3.30. The maximum Gasteiger partial charge on any atom is 0.262 e. The maximum atomic E-state index is 12.4. The summed E-state index contributed by atoms with van der Waals surface area (Å²) in [5.74, 6) is 0. The summed E-state index contributed by atoms with van der Waals surface area (Å²) < 4.78 is 27.7. The first kappa shape index (κ1) is 15.1. The second kappa shape index (κ2) is 5.77. The molecule has 8 heteroatoms. The fraction of sp³-hybridized carbons (Fsp3) is 0.600. The van der Waals surface area contributed by atoms with Gasteiger partial charge in [0.25, 0.3) is 10.0 Å². The fourth-order valence-electron chi connectivity index (χ4n) is 1.52. The second-order valence-electron chi connectivity index (χ2n) is 4.30. The third-order valence-corrected chi connectivity index (χ3v) is 4.57. The van der Waals surface area contributed by atoms with Crippen molar-refractivity contribution in [2.75, 3.05) is 6.54 Å². The normalized spacial score (nSPS) is 12.3. The van der Waals surface area contributed by atoms with E-state index in [9.17, 15) is 8.42 Å². The molecule has 0 aliphatic rings. The van der Waals surface area contributed by atoms with Gasteiger partial charge in [0.2, 0.25) is 0 Å². The number of nitrogens with two attached hydrogens (primary N) is 1. The lowest BCUT2D eigenvalue weighted by molar-refractivity contribution is 0.361. The van der Waals surface area contributed by atoms with Crippen LogP contribution in [-0.4, -0.2) is 39.8 Å².